The van der Waals surface area contributed by atoms with Gasteiger partial charge in [-0.3, -0.25) is 4.79 Å². The number of thioether (sulfide) groups is 1. The molecule has 0 atom stereocenters. The number of carbonyl (C=O) groups excluding carboxylic acids is 1. The Labute approximate surface area is 113 Å². The highest BCUT2D eigenvalue weighted by Crippen LogP contribution is 2.32. The Morgan fingerprint density at radius 1 is 1.42 bits per heavy atom. The fourth-order valence-corrected chi connectivity index (χ4v) is 2.04. The number of rotatable bonds is 5. The fourth-order valence-electron chi connectivity index (χ4n) is 1.35. The highest BCUT2D eigenvalue weighted by atomic mass is 32.2. The monoisotopic (exact) mass is 292 g/mol. The molecule has 0 spiro atoms. The van der Waals surface area contributed by atoms with E-state index in [0.29, 0.717) is 0 Å². The lowest BCUT2D eigenvalue weighted by Crippen LogP contribution is -2.16. The second kappa shape index (κ2) is 6.70. The Balaban J connectivity index is 2.67. The van der Waals surface area contributed by atoms with Crippen LogP contribution in [-0.4, -0.2) is 17.4 Å². The Bertz CT molecular complexity index is 449. The molecule has 0 saturated carbocycles. The van der Waals surface area contributed by atoms with Crippen molar-refractivity contribution in [3.63, 3.8) is 0 Å². The van der Waals surface area contributed by atoms with E-state index in [-0.39, 0.29) is 23.0 Å². The summed E-state index contributed by atoms with van der Waals surface area (Å²) in [7, 11) is 0. The SMILES string of the molecule is CCCSCC(=O)Nc1ccc(C(F)(F)F)cc1N. The molecule has 1 aromatic carbocycles. The lowest BCUT2D eigenvalue weighted by molar-refractivity contribution is -0.137. The Morgan fingerprint density at radius 2 is 2.11 bits per heavy atom. The highest BCUT2D eigenvalue weighted by Gasteiger charge is 2.30. The van der Waals surface area contributed by atoms with E-state index in [2.05, 4.69) is 5.32 Å². The average molecular weight is 292 g/mol. The largest absolute Gasteiger partial charge is 0.416 e. The predicted octanol–water partition coefficient (Wildman–Crippen LogP) is 3.37. The summed E-state index contributed by atoms with van der Waals surface area (Å²) >= 11 is 1.46. The van der Waals surface area contributed by atoms with Gasteiger partial charge in [0.15, 0.2) is 0 Å². The molecule has 0 aromatic heterocycles. The van der Waals surface area contributed by atoms with Gasteiger partial charge in [-0.15, -0.1) is 0 Å². The number of alkyl halides is 3. The molecule has 0 aliphatic carbocycles. The maximum Gasteiger partial charge on any atom is 0.416 e. The summed E-state index contributed by atoms with van der Waals surface area (Å²) in [6, 6.07) is 2.88. The van der Waals surface area contributed by atoms with Gasteiger partial charge in [0, 0.05) is 0 Å². The molecule has 0 bridgehead atoms. The Kier molecular flexibility index (Phi) is 5.53. The minimum Gasteiger partial charge on any atom is -0.397 e. The van der Waals surface area contributed by atoms with E-state index in [9.17, 15) is 18.0 Å². The van der Waals surface area contributed by atoms with Crippen LogP contribution in [0.4, 0.5) is 24.5 Å². The van der Waals surface area contributed by atoms with Crippen molar-refractivity contribution in [2.75, 3.05) is 22.6 Å². The van der Waals surface area contributed by atoms with Crippen LogP contribution in [0.3, 0.4) is 0 Å². The van der Waals surface area contributed by atoms with Gasteiger partial charge in [0.2, 0.25) is 5.91 Å². The van der Waals surface area contributed by atoms with Crippen LogP contribution in [0, 0.1) is 0 Å². The molecule has 0 radical (unpaired) electrons. The number of carbonyl (C=O) groups is 1. The summed E-state index contributed by atoms with van der Waals surface area (Å²) < 4.78 is 37.3. The third-order valence-electron chi connectivity index (χ3n) is 2.23. The number of nitrogens with one attached hydrogen (secondary N) is 1. The van der Waals surface area contributed by atoms with E-state index in [0.717, 1.165) is 24.3 Å². The number of hydrogen-bond donors (Lipinski definition) is 2. The van der Waals surface area contributed by atoms with Crippen LogP contribution < -0.4 is 11.1 Å². The minimum absolute atomic E-state index is 0.0938. The first-order valence-electron chi connectivity index (χ1n) is 5.69. The lowest BCUT2D eigenvalue weighted by atomic mass is 10.1. The van der Waals surface area contributed by atoms with Crippen molar-refractivity contribution in [3.05, 3.63) is 23.8 Å². The molecule has 0 saturated heterocycles. The zero-order valence-electron chi connectivity index (χ0n) is 10.4. The number of anilines is 2. The maximum absolute atomic E-state index is 12.4. The van der Waals surface area contributed by atoms with Gasteiger partial charge in [-0.05, 0) is 30.4 Å². The number of amides is 1. The van der Waals surface area contributed by atoms with Gasteiger partial charge >= 0.3 is 6.18 Å². The van der Waals surface area contributed by atoms with Crippen LogP contribution in [0.5, 0.6) is 0 Å². The Hall–Kier alpha value is -1.37. The molecule has 19 heavy (non-hydrogen) atoms. The van der Waals surface area contributed by atoms with Gasteiger partial charge in [0.25, 0.3) is 0 Å². The van der Waals surface area contributed by atoms with E-state index in [1.807, 2.05) is 6.92 Å². The van der Waals surface area contributed by atoms with Crippen LogP contribution in [-0.2, 0) is 11.0 Å². The van der Waals surface area contributed by atoms with E-state index in [4.69, 9.17) is 5.73 Å². The second-order valence-electron chi connectivity index (χ2n) is 3.90. The normalized spacial score (nSPS) is 11.4. The van der Waals surface area contributed by atoms with Gasteiger partial charge in [-0.2, -0.15) is 24.9 Å². The van der Waals surface area contributed by atoms with Crippen molar-refractivity contribution in [2.45, 2.75) is 19.5 Å². The van der Waals surface area contributed by atoms with Crippen LogP contribution in [0.2, 0.25) is 0 Å². The number of nitrogen functional groups attached to an aromatic ring is 1. The Morgan fingerprint density at radius 3 is 2.63 bits per heavy atom. The number of nitrogens with two attached hydrogens (primary N) is 1. The summed E-state index contributed by atoms with van der Waals surface area (Å²) in [4.78, 5) is 11.5. The first-order valence-corrected chi connectivity index (χ1v) is 6.84. The van der Waals surface area contributed by atoms with E-state index in [1.165, 1.54) is 17.8 Å². The van der Waals surface area contributed by atoms with E-state index in [1.54, 1.807) is 0 Å². The van der Waals surface area contributed by atoms with Crippen molar-refractivity contribution >= 4 is 29.0 Å². The smallest absolute Gasteiger partial charge is 0.397 e. The molecule has 1 amide bonds. The molecule has 0 heterocycles. The topological polar surface area (TPSA) is 55.1 Å². The van der Waals surface area contributed by atoms with Crippen molar-refractivity contribution in [2.24, 2.45) is 0 Å². The molecule has 0 unspecified atom stereocenters. The molecule has 7 heteroatoms. The minimum atomic E-state index is -4.44. The first kappa shape index (κ1) is 15.7. The summed E-state index contributed by atoms with van der Waals surface area (Å²) in [6.07, 6.45) is -3.48. The van der Waals surface area contributed by atoms with E-state index < -0.39 is 11.7 Å². The van der Waals surface area contributed by atoms with Crippen molar-refractivity contribution in [3.8, 4) is 0 Å². The van der Waals surface area contributed by atoms with Crippen LogP contribution in [0.15, 0.2) is 18.2 Å². The number of halogens is 3. The van der Waals surface area contributed by atoms with Gasteiger partial charge in [0.1, 0.15) is 0 Å². The molecule has 106 valence electrons. The van der Waals surface area contributed by atoms with Gasteiger partial charge < -0.3 is 11.1 Å². The van der Waals surface area contributed by atoms with Gasteiger partial charge in [-0.25, -0.2) is 0 Å². The molecule has 0 fully saturated rings. The summed E-state index contributed by atoms with van der Waals surface area (Å²) in [6.45, 7) is 2.00. The zero-order chi connectivity index (χ0) is 14.5. The highest BCUT2D eigenvalue weighted by molar-refractivity contribution is 7.99. The maximum atomic E-state index is 12.4. The number of hydrogen-bond acceptors (Lipinski definition) is 3. The quantitative estimate of drug-likeness (QED) is 0.646. The predicted molar refractivity (Wildman–Crippen MR) is 72.1 cm³/mol. The molecule has 0 aliphatic heterocycles. The first-order chi connectivity index (χ1) is 8.84. The second-order valence-corrected chi connectivity index (χ2v) is 5.01. The number of benzene rings is 1. The van der Waals surface area contributed by atoms with Crippen LogP contribution >= 0.6 is 11.8 Å². The lowest BCUT2D eigenvalue weighted by Gasteiger charge is -2.11. The third-order valence-corrected chi connectivity index (χ3v) is 3.40. The van der Waals surface area contributed by atoms with Crippen molar-refractivity contribution in [1.29, 1.82) is 0 Å². The molecular weight excluding hydrogens is 277 g/mol. The van der Waals surface area contributed by atoms with Crippen LogP contribution in [0.1, 0.15) is 18.9 Å². The average Bonchev–Trinajstić information content (AvgIpc) is 2.31. The molecular formula is C12H15F3N2OS. The molecule has 0 aliphatic rings. The summed E-state index contributed by atoms with van der Waals surface area (Å²) in [5, 5.41) is 2.50. The summed E-state index contributed by atoms with van der Waals surface area (Å²) in [5.41, 5.74) is 4.78. The summed E-state index contributed by atoms with van der Waals surface area (Å²) in [5.74, 6) is 0.842. The van der Waals surface area contributed by atoms with Crippen molar-refractivity contribution < 1.29 is 18.0 Å². The van der Waals surface area contributed by atoms with Crippen LogP contribution in [0.25, 0.3) is 0 Å². The zero-order valence-corrected chi connectivity index (χ0v) is 11.2. The fraction of sp³-hybridized carbons (Fsp3) is 0.417. The molecule has 1 rings (SSSR count). The molecule has 3 N–H and O–H groups in total. The van der Waals surface area contributed by atoms with Gasteiger partial charge in [0.05, 0.1) is 22.7 Å². The van der Waals surface area contributed by atoms with E-state index >= 15 is 0 Å². The standard InChI is InChI=1S/C12H15F3N2OS/c1-2-5-19-7-11(18)17-10-4-3-8(6-9(10)16)12(13,14)15/h3-4,6H,2,5,7,16H2,1H3,(H,17,18). The molecule has 3 nitrogen and oxygen atoms in total. The molecule has 1 aromatic rings. The van der Waals surface area contributed by atoms with Gasteiger partial charge in [-0.1, -0.05) is 6.92 Å². The third kappa shape index (κ3) is 5.02. The van der Waals surface area contributed by atoms with Crippen molar-refractivity contribution in [1.82, 2.24) is 0 Å².